The zero-order chi connectivity index (χ0) is 28.2. The predicted octanol–water partition coefficient (Wildman–Crippen LogP) is 5.76. The molecule has 12 heteroatoms. The lowest BCUT2D eigenvalue weighted by molar-refractivity contribution is -0.274. The Labute approximate surface area is 234 Å². The fraction of sp³-hybridized carbons (Fsp3) is 0.276. The molecule has 0 saturated carbocycles. The molecule has 1 aliphatic rings. The van der Waals surface area contributed by atoms with Crippen molar-refractivity contribution in [3.8, 4) is 22.8 Å². The smallest absolute Gasteiger partial charge is 0.492 e. The minimum absolute atomic E-state index is 0.269. The van der Waals surface area contributed by atoms with Gasteiger partial charge in [0.25, 0.3) is 0 Å². The number of anilines is 2. The van der Waals surface area contributed by atoms with Crippen LogP contribution in [-0.4, -0.2) is 61.9 Å². The van der Waals surface area contributed by atoms with Gasteiger partial charge in [-0.25, -0.2) is 4.52 Å². The zero-order valence-corrected chi connectivity index (χ0v) is 22.1. The highest BCUT2D eigenvalue weighted by Crippen LogP contribution is 2.25. The minimum Gasteiger partial charge on any atom is -0.492 e. The molecular formula is C29H28F3N7O2. The highest BCUT2D eigenvalue weighted by atomic mass is 19.4. The number of rotatable bonds is 10. The van der Waals surface area contributed by atoms with Gasteiger partial charge in [0.15, 0.2) is 5.65 Å². The van der Waals surface area contributed by atoms with Crippen LogP contribution in [0.4, 0.5) is 24.8 Å². The molecule has 0 bridgehead atoms. The molecule has 5 aromatic rings. The number of halogens is 3. The highest BCUT2D eigenvalue weighted by Gasteiger charge is 2.31. The van der Waals surface area contributed by atoms with Gasteiger partial charge < -0.3 is 14.8 Å². The third-order valence-corrected chi connectivity index (χ3v) is 6.75. The number of fused-ring (bicyclic) bond motifs is 1. The van der Waals surface area contributed by atoms with E-state index in [1.54, 1.807) is 21.5 Å². The summed E-state index contributed by atoms with van der Waals surface area (Å²) in [5, 5.41) is 12.3. The summed E-state index contributed by atoms with van der Waals surface area (Å²) < 4.78 is 51.0. The SMILES string of the molecule is FC(F)(F)Oc1cccc(Cn2cc(-c3cccc4nc(Nc5ccc(OCCN6CCCC6)cc5)nn34)cn2)c1. The molecule has 1 aliphatic heterocycles. The minimum atomic E-state index is -4.74. The number of likely N-dealkylation sites (tertiary alicyclic amines) is 1. The van der Waals surface area contributed by atoms with Crippen molar-refractivity contribution < 1.29 is 22.6 Å². The number of hydrogen-bond donors (Lipinski definition) is 1. The largest absolute Gasteiger partial charge is 0.573 e. The van der Waals surface area contributed by atoms with Crippen LogP contribution in [0.2, 0.25) is 0 Å². The summed E-state index contributed by atoms with van der Waals surface area (Å²) in [6.45, 7) is 4.19. The van der Waals surface area contributed by atoms with Crippen LogP contribution in [0, 0.1) is 0 Å². The van der Waals surface area contributed by atoms with Crippen molar-refractivity contribution in [3.63, 3.8) is 0 Å². The summed E-state index contributed by atoms with van der Waals surface area (Å²) in [7, 11) is 0. The van der Waals surface area contributed by atoms with Crippen molar-refractivity contribution in [1.29, 1.82) is 0 Å². The summed E-state index contributed by atoms with van der Waals surface area (Å²) in [6, 6.07) is 19.2. The van der Waals surface area contributed by atoms with Crippen LogP contribution >= 0.6 is 0 Å². The van der Waals surface area contributed by atoms with Gasteiger partial charge in [0, 0.05) is 24.0 Å². The van der Waals surface area contributed by atoms with Crippen LogP contribution in [0.1, 0.15) is 18.4 Å². The molecule has 9 nitrogen and oxygen atoms in total. The van der Waals surface area contributed by atoms with Crippen LogP contribution in [-0.2, 0) is 6.54 Å². The first-order valence-electron chi connectivity index (χ1n) is 13.3. The number of benzene rings is 2. The zero-order valence-electron chi connectivity index (χ0n) is 22.1. The molecule has 0 amide bonds. The third kappa shape index (κ3) is 6.77. The fourth-order valence-corrected chi connectivity index (χ4v) is 4.85. The van der Waals surface area contributed by atoms with E-state index in [2.05, 4.69) is 30.1 Å². The summed E-state index contributed by atoms with van der Waals surface area (Å²) in [4.78, 5) is 7.01. The van der Waals surface area contributed by atoms with Gasteiger partial charge in [0.05, 0.1) is 18.4 Å². The van der Waals surface area contributed by atoms with Gasteiger partial charge in [-0.2, -0.15) is 10.1 Å². The van der Waals surface area contributed by atoms with Crippen LogP contribution in [0.25, 0.3) is 16.9 Å². The van der Waals surface area contributed by atoms with E-state index in [1.165, 1.54) is 31.0 Å². The van der Waals surface area contributed by atoms with Gasteiger partial charge in [-0.3, -0.25) is 9.58 Å². The second kappa shape index (κ2) is 11.5. The molecule has 0 unspecified atom stereocenters. The van der Waals surface area contributed by atoms with E-state index in [0.717, 1.165) is 42.3 Å². The van der Waals surface area contributed by atoms with Crippen LogP contribution in [0.3, 0.4) is 0 Å². The molecule has 6 rings (SSSR count). The molecule has 1 saturated heterocycles. The topological polar surface area (TPSA) is 81.7 Å². The van der Waals surface area contributed by atoms with E-state index in [4.69, 9.17) is 4.74 Å². The average Bonchev–Trinajstić information content (AvgIpc) is 3.70. The van der Waals surface area contributed by atoms with E-state index in [9.17, 15) is 13.2 Å². The summed E-state index contributed by atoms with van der Waals surface area (Å²) in [6.07, 6.45) is 1.28. The quantitative estimate of drug-likeness (QED) is 0.232. The van der Waals surface area contributed by atoms with Crippen LogP contribution in [0.15, 0.2) is 79.1 Å². The Kier molecular flexibility index (Phi) is 7.47. The maximum Gasteiger partial charge on any atom is 0.573 e. The molecule has 1 fully saturated rings. The molecule has 4 heterocycles. The molecule has 0 atom stereocenters. The van der Waals surface area contributed by atoms with Crippen LogP contribution in [0.5, 0.6) is 11.5 Å². The highest BCUT2D eigenvalue weighted by molar-refractivity contribution is 5.64. The number of nitrogens with one attached hydrogen (secondary N) is 1. The van der Waals surface area contributed by atoms with E-state index < -0.39 is 6.36 Å². The van der Waals surface area contributed by atoms with Crippen molar-refractivity contribution in [2.75, 3.05) is 31.6 Å². The summed E-state index contributed by atoms with van der Waals surface area (Å²) in [5.74, 6) is 0.986. The lowest BCUT2D eigenvalue weighted by Crippen LogP contribution is -2.25. The van der Waals surface area contributed by atoms with Gasteiger partial charge in [-0.15, -0.1) is 18.3 Å². The summed E-state index contributed by atoms with van der Waals surface area (Å²) >= 11 is 0. The molecule has 0 aliphatic carbocycles. The predicted molar refractivity (Wildman–Crippen MR) is 147 cm³/mol. The van der Waals surface area contributed by atoms with Crippen molar-refractivity contribution in [2.45, 2.75) is 25.7 Å². The van der Waals surface area contributed by atoms with E-state index >= 15 is 0 Å². The Morgan fingerprint density at radius 2 is 1.73 bits per heavy atom. The third-order valence-electron chi connectivity index (χ3n) is 6.75. The number of pyridine rings is 1. The Bertz CT molecular complexity index is 1610. The molecule has 1 N–H and O–H groups in total. The van der Waals surface area contributed by atoms with Gasteiger partial charge in [-0.1, -0.05) is 18.2 Å². The molecule has 0 radical (unpaired) electrons. The Morgan fingerprint density at radius 1 is 0.927 bits per heavy atom. The second-order valence-electron chi connectivity index (χ2n) is 9.78. The van der Waals surface area contributed by atoms with E-state index in [1.807, 2.05) is 48.7 Å². The second-order valence-corrected chi connectivity index (χ2v) is 9.78. The fourth-order valence-electron chi connectivity index (χ4n) is 4.85. The Balaban J connectivity index is 1.12. The number of ether oxygens (including phenoxy) is 2. The first-order chi connectivity index (χ1) is 19.9. The van der Waals surface area contributed by atoms with Gasteiger partial charge in [-0.05, 0) is 80.0 Å². The van der Waals surface area contributed by atoms with Crippen molar-refractivity contribution in [2.24, 2.45) is 0 Å². The standard InChI is InChI=1S/C29H28F3N7O2/c30-29(31,32)41-25-6-3-5-21(17-25)19-38-20-22(18-33-38)26-7-4-8-27-35-28(36-39(26)27)34-23-9-11-24(12-10-23)40-16-15-37-13-1-2-14-37/h3-12,17-18,20H,1-2,13-16,19H2,(H,34,36). The average molecular weight is 564 g/mol. The molecule has 3 aromatic heterocycles. The van der Waals surface area contributed by atoms with E-state index in [-0.39, 0.29) is 12.3 Å². The van der Waals surface area contributed by atoms with Crippen molar-refractivity contribution in [1.82, 2.24) is 29.3 Å². The van der Waals surface area contributed by atoms with Gasteiger partial charge >= 0.3 is 6.36 Å². The first-order valence-corrected chi connectivity index (χ1v) is 13.3. The van der Waals surface area contributed by atoms with Crippen LogP contribution < -0.4 is 14.8 Å². The molecule has 212 valence electrons. The Morgan fingerprint density at radius 3 is 2.54 bits per heavy atom. The lowest BCUT2D eigenvalue weighted by Gasteiger charge is -2.15. The van der Waals surface area contributed by atoms with E-state index in [0.29, 0.717) is 23.8 Å². The number of alkyl halides is 3. The number of hydrogen-bond acceptors (Lipinski definition) is 7. The number of aromatic nitrogens is 5. The molecule has 0 spiro atoms. The normalized spacial score (nSPS) is 14.0. The van der Waals surface area contributed by atoms with Crippen molar-refractivity contribution >= 4 is 17.3 Å². The summed E-state index contributed by atoms with van der Waals surface area (Å²) in [5.41, 5.74) is 3.65. The molecule has 2 aromatic carbocycles. The van der Waals surface area contributed by atoms with Gasteiger partial charge in [0.1, 0.15) is 18.1 Å². The van der Waals surface area contributed by atoms with Gasteiger partial charge in [0.2, 0.25) is 5.95 Å². The number of nitrogens with zero attached hydrogens (tertiary/aromatic N) is 6. The molecule has 41 heavy (non-hydrogen) atoms. The lowest BCUT2D eigenvalue weighted by atomic mass is 10.2. The van der Waals surface area contributed by atoms with Crippen molar-refractivity contribution in [3.05, 3.63) is 84.7 Å². The Hall–Kier alpha value is -4.58. The maximum atomic E-state index is 12.6. The first kappa shape index (κ1) is 26.6. The maximum absolute atomic E-state index is 12.6. The molecular weight excluding hydrogens is 535 g/mol. The monoisotopic (exact) mass is 563 g/mol.